The minimum absolute atomic E-state index is 0.319. The van der Waals surface area contributed by atoms with Crippen LogP contribution in [0.25, 0.3) is 0 Å². The molecule has 0 bridgehead atoms. The molecule has 0 aromatic rings. The van der Waals surface area contributed by atoms with Crippen molar-refractivity contribution in [2.45, 2.75) is 59.0 Å². The van der Waals surface area contributed by atoms with Gasteiger partial charge in [-0.15, -0.1) is 0 Å². The van der Waals surface area contributed by atoms with Crippen LogP contribution in [0.4, 0.5) is 0 Å². The Morgan fingerprint density at radius 3 is 2.07 bits per heavy atom. The first-order valence-electron chi connectivity index (χ1n) is 5.23. The summed E-state index contributed by atoms with van der Waals surface area (Å²) in [6, 6.07) is 0. The summed E-state index contributed by atoms with van der Waals surface area (Å²) in [5.41, 5.74) is -1.67. The van der Waals surface area contributed by atoms with Crippen LogP contribution in [0.5, 0.6) is 0 Å². The first kappa shape index (κ1) is 13.4. The first-order valence-corrected chi connectivity index (χ1v) is 5.23. The molecule has 3 heteroatoms. The molecule has 0 saturated heterocycles. The van der Waals surface area contributed by atoms with Gasteiger partial charge in [0.2, 0.25) is 0 Å². The summed E-state index contributed by atoms with van der Waals surface area (Å²) in [6.07, 6.45) is 2.33. The summed E-state index contributed by atoms with van der Waals surface area (Å²) in [5, 5.41) is 19.0. The first-order chi connectivity index (χ1) is 6.27. The van der Waals surface area contributed by atoms with Crippen molar-refractivity contribution in [3.63, 3.8) is 0 Å². The Kier molecular flexibility index (Phi) is 4.59. The lowest BCUT2D eigenvalue weighted by atomic mass is 9.75. The zero-order valence-electron chi connectivity index (χ0n) is 9.63. The lowest BCUT2D eigenvalue weighted by molar-refractivity contribution is -0.152. The largest absolute Gasteiger partial charge is 0.481 e. The molecular formula is C11H22O3. The Balaban J connectivity index is 4.60. The van der Waals surface area contributed by atoms with E-state index in [9.17, 15) is 9.90 Å². The fraction of sp³-hybridized carbons (Fsp3) is 0.909. The number of carbonyl (C=O) groups is 1. The van der Waals surface area contributed by atoms with E-state index in [0.717, 1.165) is 6.42 Å². The van der Waals surface area contributed by atoms with Gasteiger partial charge in [-0.25, -0.2) is 0 Å². The molecule has 0 saturated carbocycles. The molecule has 3 nitrogen and oxygen atoms in total. The Labute approximate surface area is 86.1 Å². The SMILES string of the molecule is CCCC(C)(CC(C)(O)CC)C(=O)O. The van der Waals surface area contributed by atoms with E-state index in [1.165, 1.54) is 0 Å². The summed E-state index contributed by atoms with van der Waals surface area (Å²) >= 11 is 0. The second-order valence-corrected chi connectivity index (χ2v) is 4.64. The van der Waals surface area contributed by atoms with Crippen LogP contribution < -0.4 is 0 Å². The molecule has 0 aliphatic heterocycles. The van der Waals surface area contributed by atoms with Gasteiger partial charge in [-0.3, -0.25) is 4.79 Å². The standard InChI is InChI=1S/C11H22O3/c1-5-7-10(3,9(12)13)8-11(4,14)6-2/h14H,5-8H2,1-4H3,(H,12,13). The second-order valence-electron chi connectivity index (χ2n) is 4.64. The zero-order valence-corrected chi connectivity index (χ0v) is 9.63. The number of aliphatic carboxylic acids is 1. The zero-order chi connectivity index (χ0) is 11.4. The van der Waals surface area contributed by atoms with Crippen molar-refractivity contribution < 1.29 is 15.0 Å². The van der Waals surface area contributed by atoms with Gasteiger partial charge in [0.25, 0.3) is 0 Å². The summed E-state index contributed by atoms with van der Waals surface area (Å²) < 4.78 is 0. The van der Waals surface area contributed by atoms with Crippen molar-refractivity contribution in [3.05, 3.63) is 0 Å². The predicted molar refractivity (Wildman–Crippen MR) is 56.2 cm³/mol. The molecule has 0 spiro atoms. The van der Waals surface area contributed by atoms with Crippen molar-refractivity contribution >= 4 is 5.97 Å². The molecule has 0 aromatic heterocycles. The van der Waals surface area contributed by atoms with E-state index >= 15 is 0 Å². The van der Waals surface area contributed by atoms with Crippen molar-refractivity contribution in [1.82, 2.24) is 0 Å². The third kappa shape index (κ3) is 3.66. The highest BCUT2D eigenvalue weighted by Crippen LogP contribution is 2.34. The van der Waals surface area contributed by atoms with Crippen LogP contribution in [0.1, 0.15) is 53.4 Å². The average molecular weight is 202 g/mol. The van der Waals surface area contributed by atoms with E-state index in [-0.39, 0.29) is 0 Å². The van der Waals surface area contributed by atoms with Gasteiger partial charge in [-0.1, -0.05) is 20.3 Å². The van der Waals surface area contributed by atoms with Crippen LogP contribution in [0, 0.1) is 5.41 Å². The number of carboxylic acids is 1. The van der Waals surface area contributed by atoms with E-state index < -0.39 is 17.0 Å². The molecule has 0 amide bonds. The Bertz CT molecular complexity index is 199. The molecule has 0 radical (unpaired) electrons. The third-order valence-electron chi connectivity index (χ3n) is 2.85. The Hall–Kier alpha value is -0.570. The Morgan fingerprint density at radius 1 is 1.29 bits per heavy atom. The van der Waals surface area contributed by atoms with Crippen molar-refractivity contribution in [3.8, 4) is 0 Å². The molecular weight excluding hydrogens is 180 g/mol. The van der Waals surface area contributed by atoms with Crippen molar-refractivity contribution in [1.29, 1.82) is 0 Å². The van der Waals surface area contributed by atoms with Crippen molar-refractivity contribution in [2.24, 2.45) is 5.41 Å². The number of hydrogen-bond acceptors (Lipinski definition) is 2. The fourth-order valence-corrected chi connectivity index (χ4v) is 1.79. The van der Waals surface area contributed by atoms with Gasteiger partial charge in [-0.2, -0.15) is 0 Å². The number of rotatable bonds is 6. The van der Waals surface area contributed by atoms with Gasteiger partial charge in [0.15, 0.2) is 0 Å². The maximum atomic E-state index is 11.1. The minimum Gasteiger partial charge on any atom is -0.481 e. The molecule has 2 unspecified atom stereocenters. The van der Waals surface area contributed by atoms with Gasteiger partial charge in [0.05, 0.1) is 11.0 Å². The third-order valence-corrected chi connectivity index (χ3v) is 2.85. The maximum Gasteiger partial charge on any atom is 0.309 e. The lowest BCUT2D eigenvalue weighted by Gasteiger charge is -2.32. The van der Waals surface area contributed by atoms with E-state index in [2.05, 4.69) is 0 Å². The van der Waals surface area contributed by atoms with Crippen LogP contribution in [0.2, 0.25) is 0 Å². The molecule has 0 heterocycles. The summed E-state index contributed by atoms with van der Waals surface area (Å²) in [5.74, 6) is -0.812. The van der Waals surface area contributed by atoms with Gasteiger partial charge >= 0.3 is 5.97 Å². The molecule has 2 atom stereocenters. The second kappa shape index (κ2) is 4.78. The molecule has 0 rings (SSSR count). The number of hydrogen-bond donors (Lipinski definition) is 2. The predicted octanol–water partition coefficient (Wildman–Crippen LogP) is 2.43. The van der Waals surface area contributed by atoms with Crippen molar-refractivity contribution in [2.75, 3.05) is 0 Å². The van der Waals surface area contributed by atoms with Crippen LogP contribution >= 0.6 is 0 Å². The number of carboxylic acid groups (broad SMARTS) is 1. The molecule has 84 valence electrons. The lowest BCUT2D eigenvalue weighted by Crippen LogP contribution is -2.37. The molecule has 0 aromatic carbocycles. The number of aliphatic hydroxyl groups is 1. The van der Waals surface area contributed by atoms with Gasteiger partial charge in [-0.05, 0) is 33.1 Å². The molecule has 0 aliphatic rings. The summed E-state index contributed by atoms with van der Waals surface area (Å²) in [4.78, 5) is 11.1. The topological polar surface area (TPSA) is 57.5 Å². The average Bonchev–Trinajstić information content (AvgIpc) is 2.03. The fourth-order valence-electron chi connectivity index (χ4n) is 1.79. The summed E-state index contributed by atoms with van der Waals surface area (Å²) in [7, 11) is 0. The van der Waals surface area contributed by atoms with E-state index in [1.54, 1.807) is 13.8 Å². The quantitative estimate of drug-likeness (QED) is 0.695. The smallest absolute Gasteiger partial charge is 0.309 e. The van der Waals surface area contributed by atoms with Gasteiger partial charge in [0, 0.05) is 0 Å². The Morgan fingerprint density at radius 2 is 1.79 bits per heavy atom. The van der Waals surface area contributed by atoms with Gasteiger partial charge in [0.1, 0.15) is 0 Å². The summed E-state index contributed by atoms with van der Waals surface area (Å²) in [6.45, 7) is 7.24. The van der Waals surface area contributed by atoms with E-state index in [0.29, 0.717) is 19.3 Å². The van der Waals surface area contributed by atoms with Gasteiger partial charge < -0.3 is 10.2 Å². The molecule has 0 fully saturated rings. The van der Waals surface area contributed by atoms with E-state index in [1.807, 2.05) is 13.8 Å². The highest BCUT2D eigenvalue weighted by molar-refractivity contribution is 5.74. The van der Waals surface area contributed by atoms with Crippen LogP contribution in [0.3, 0.4) is 0 Å². The highest BCUT2D eigenvalue weighted by Gasteiger charge is 2.38. The molecule has 2 N–H and O–H groups in total. The molecule has 14 heavy (non-hydrogen) atoms. The monoisotopic (exact) mass is 202 g/mol. The minimum atomic E-state index is -0.873. The van der Waals surface area contributed by atoms with Crippen LogP contribution in [0.15, 0.2) is 0 Å². The van der Waals surface area contributed by atoms with Crippen LogP contribution in [-0.4, -0.2) is 21.8 Å². The van der Waals surface area contributed by atoms with E-state index in [4.69, 9.17) is 5.11 Å². The normalized spacial score (nSPS) is 19.8. The maximum absolute atomic E-state index is 11.1. The highest BCUT2D eigenvalue weighted by atomic mass is 16.4. The molecule has 0 aliphatic carbocycles. The van der Waals surface area contributed by atoms with Crippen LogP contribution in [-0.2, 0) is 4.79 Å².